The van der Waals surface area contributed by atoms with Crippen molar-refractivity contribution < 1.29 is 24.2 Å². The van der Waals surface area contributed by atoms with E-state index in [2.05, 4.69) is 50.4 Å². The van der Waals surface area contributed by atoms with E-state index < -0.39 is 11.4 Å². The number of nitrogens with zero attached hydrogens (tertiary/aromatic N) is 1. The van der Waals surface area contributed by atoms with Gasteiger partial charge in [0.2, 0.25) is 0 Å². The van der Waals surface area contributed by atoms with Gasteiger partial charge in [0.05, 0.1) is 0 Å². The number of Topliss-reactive ketones (excluding diaryl/α,β-unsaturated/α-hetero) is 1. The van der Waals surface area contributed by atoms with Crippen LogP contribution in [0.1, 0.15) is 57.8 Å². The average Bonchev–Trinajstić information content (AvgIpc) is 3.04. The number of amides is 1. The number of benzene rings is 3. The summed E-state index contributed by atoms with van der Waals surface area (Å²) >= 11 is 6.36. The first-order valence-electron chi connectivity index (χ1n) is 13.6. The van der Waals surface area contributed by atoms with Crippen LogP contribution in [-0.2, 0) is 19.1 Å². The lowest BCUT2D eigenvalue weighted by Crippen LogP contribution is -2.49. The number of carbonyl (C=O) groups is 3. The number of carboxylic acids is 1. The molecule has 40 heavy (non-hydrogen) atoms. The zero-order valence-corrected chi connectivity index (χ0v) is 24.3. The first-order chi connectivity index (χ1) is 18.9. The number of aliphatic carboxylic acids is 1. The van der Waals surface area contributed by atoms with Gasteiger partial charge in [-0.2, -0.15) is 0 Å². The highest BCUT2D eigenvalue weighted by molar-refractivity contribution is 6.30. The largest absolute Gasteiger partial charge is 0.480 e. The summed E-state index contributed by atoms with van der Waals surface area (Å²) in [6, 6.07) is 20.1. The van der Waals surface area contributed by atoms with Crippen LogP contribution in [0.15, 0.2) is 60.7 Å². The minimum Gasteiger partial charge on any atom is -0.480 e. The fourth-order valence-corrected chi connectivity index (χ4v) is 5.54. The van der Waals surface area contributed by atoms with Gasteiger partial charge in [-0.15, -0.1) is 0 Å². The Labute approximate surface area is 240 Å². The molecule has 2 atom stereocenters. The van der Waals surface area contributed by atoms with E-state index in [1.165, 1.54) is 6.92 Å². The molecule has 2 heterocycles. The smallest absolute Gasteiger partial charge is 0.318 e. The van der Waals surface area contributed by atoms with Crippen molar-refractivity contribution in [3.63, 3.8) is 0 Å². The van der Waals surface area contributed by atoms with Crippen LogP contribution in [0.25, 0.3) is 10.8 Å². The molecule has 3 aromatic carbocycles. The summed E-state index contributed by atoms with van der Waals surface area (Å²) in [6.07, 6.45) is 0.866. The summed E-state index contributed by atoms with van der Waals surface area (Å²) in [5, 5.41) is 14.7. The Balaban J connectivity index is 0.000000259. The Morgan fingerprint density at radius 2 is 1.82 bits per heavy atom. The summed E-state index contributed by atoms with van der Waals surface area (Å²) < 4.78 is 6.19. The first kappa shape index (κ1) is 29.7. The van der Waals surface area contributed by atoms with Gasteiger partial charge in [-0.05, 0) is 66.3 Å². The van der Waals surface area contributed by atoms with Crippen LogP contribution >= 0.6 is 11.6 Å². The minimum absolute atomic E-state index is 0.0266. The molecule has 0 spiro atoms. The summed E-state index contributed by atoms with van der Waals surface area (Å²) in [6.45, 7) is 9.47. The lowest BCUT2D eigenvalue weighted by molar-refractivity contribution is -0.155. The maximum Gasteiger partial charge on any atom is 0.318 e. The number of ether oxygens (including phenoxy) is 1. The van der Waals surface area contributed by atoms with Crippen molar-refractivity contribution in [1.82, 2.24) is 5.32 Å². The number of carboxylic acid groups (broad SMARTS) is 1. The highest BCUT2D eigenvalue weighted by Crippen LogP contribution is 2.41. The second-order valence-corrected chi connectivity index (χ2v) is 12.2. The van der Waals surface area contributed by atoms with Gasteiger partial charge in [0, 0.05) is 29.4 Å². The van der Waals surface area contributed by atoms with Gasteiger partial charge in [0.25, 0.3) is 5.91 Å². The van der Waals surface area contributed by atoms with Crippen LogP contribution in [0.5, 0.6) is 0 Å². The number of hydrogen-bond donors (Lipinski definition) is 2. The van der Waals surface area contributed by atoms with E-state index in [9.17, 15) is 14.4 Å². The van der Waals surface area contributed by atoms with Crippen molar-refractivity contribution in [3.8, 4) is 0 Å². The van der Waals surface area contributed by atoms with Crippen LogP contribution in [0, 0.1) is 10.8 Å². The number of halogens is 1. The van der Waals surface area contributed by atoms with Gasteiger partial charge in [0.1, 0.15) is 23.9 Å². The molecule has 3 aromatic rings. The van der Waals surface area contributed by atoms with Gasteiger partial charge in [-0.3, -0.25) is 14.4 Å². The molecule has 1 amide bonds. The summed E-state index contributed by atoms with van der Waals surface area (Å²) in [4.78, 5) is 36.8. The Kier molecular flexibility index (Phi) is 8.98. The molecule has 212 valence electrons. The quantitative estimate of drug-likeness (QED) is 0.376. The molecule has 8 heteroatoms. The fraction of sp³-hybridized carbons (Fsp3) is 0.406. The van der Waals surface area contributed by atoms with Crippen molar-refractivity contribution in [2.75, 3.05) is 31.1 Å². The van der Waals surface area contributed by atoms with E-state index in [1.807, 2.05) is 41.3 Å². The molecule has 0 saturated carbocycles. The second kappa shape index (κ2) is 12.1. The molecule has 2 aliphatic heterocycles. The maximum atomic E-state index is 12.9. The lowest BCUT2D eigenvalue weighted by atomic mass is 9.77. The van der Waals surface area contributed by atoms with E-state index in [0.717, 1.165) is 40.6 Å². The molecular formula is C32H37ClN2O5. The average molecular weight is 565 g/mol. The van der Waals surface area contributed by atoms with Crippen LogP contribution < -0.4 is 10.2 Å². The number of ketones is 1. The zero-order chi connectivity index (χ0) is 29.1. The van der Waals surface area contributed by atoms with E-state index in [1.54, 1.807) is 0 Å². The number of anilines is 1. The zero-order valence-electron chi connectivity index (χ0n) is 23.5. The molecule has 1 saturated heterocycles. The Hall–Kier alpha value is -3.26. The molecule has 2 N–H and O–H groups in total. The highest BCUT2D eigenvalue weighted by atomic mass is 35.5. The Bertz CT molecular complexity index is 1390. The predicted octanol–water partition coefficient (Wildman–Crippen LogP) is 6.02. The Morgan fingerprint density at radius 3 is 2.45 bits per heavy atom. The topological polar surface area (TPSA) is 95.9 Å². The molecule has 2 aliphatic rings. The SMILES string of the molecule is CC(=O)C1(C(=O)O)CCCNC1.CC(C)(C)CN1C(=O)COC(c2cccc3ccccc23)c2cc(Cl)ccc21. The van der Waals surface area contributed by atoms with E-state index in [-0.39, 0.29) is 36.4 Å². The molecule has 7 nitrogen and oxygen atoms in total. The third-order valence-corrected chi connectivity index (χ3v) is 7.68. The van der Waals surface area contributed by atoms with Crippen LogP contribution in [0.2, 0.25) is 5.02 Å². The number of hydrogen-bond acceptors (Lipinski definition) is 5. The molecule has 1 fully saturated rings. The van der Waals surface area contributed by atoms with E-state index in [4.69, 9.17) is 21.4 Å². The Morgan fingerprint density at radius 1 is 1.10 bits per heavy atom. The number of nitrogens with one attached hydrogen (secondary N) is 1. The maximum absolute atomic E-state index is 12.9. The molecule has 0 bridgehead atoms. The van der Waals surface area contributed by atoms with Crippen molar-refractivity contribution in [1.29, 1.82) is 0 Å². The third-order valence-electron chi connectivity index (χ3n) is 7.44. The van der Waals surface area contributed by atoms with Crippen molar-refractivity contribution >= 4 is 45.7 Å². The van der Waals surface area contributed by atoms with Gasteiger partial charge in [-0.25, -0.2) is 0 Å². The van der Waals surface area contributed by atoms with Crippen LogP contribution in [0.3, 0.4) is 0 Å². The normalized spacial score (nSPS) is 21.2. The second-order valence-electron chi connectivity index (χ2n) is 11.7. The van der Waals surface area contributed by atoms with Gasteiger partial charge >= 0.3 is 5.97 Å². The van der Waals surface area contributed by atoms with E-state index >= 15 is 0 Å². The fourth-order valence-electron chi connectivity index (χ4n) is 5.36. The van der Waals surface area contributed by atoms with Crippen molar-refractivity contribution in [2.24, 2.45) is 10.8 Å². The van der Waals surface area contributed by atoms with Crippen molar-refractivity contribution in [2.45, 2.75) is 46.6 Å². The molecule has 2 unspecified atom stereocenters. The number of fused-ring (bicyclic) bond motifs is 2. The monoisotopic (exact) mass is 564 g/mol. The molecule has 5 rings (SSSR count). The minimum atomic E-state index is -1.15. The van der Waals surface area contributed by atoms with Gasteiger partial charge < -0.3 is 20.1 Å². The van der Waals surface area contributed by atoms with Gasteiger partial charge in [0.15, 0.2) is 0 Å². The lowest BCUT2D eigenvalue weighted by Gasteiger charge is -2.30. The molecule has 0 radical (unpaired) electrons. The standard InChI is InChI=1S/C24H24ClNO2.C8H13NO3/c1-24(2,3)15-26-21-12-11-17(25)13-20(21)23(28-14-22(26)27)19-10-6-8-16-7-4-5-9-18(16)19;1-6(10)8(7(11)12)3-2-4-9-5-8/h4-13,23H,14-15H2,1-3H3;9H,2-5H2,1H3,(H,11,12). The third kappa shape index (κ3) is 6.38. The van der Waals surface area contributed by atoms with Crippen molar-refractivity contribution in [3.05, 3.63) is 76.8 Å². The summed E-state index contributed by atoms with van der Waals surface area (Å²) in [7, 11) is 0. The van der Waals surface area contributed by atoms with Gasteiger partial charge in [-0.1, -0.05) is 74.8 Å². The highest BCUT2D eigenvalue weighted by Gasteiger charge is 2.44. The molecule has 0 aromatic heterocycles. The molecule has 0 aliphatic carbocycles. The predicted molar refractivity (Wildman–Crippen MR) is 158 cm³/mol. The van der Waals surface area contributed by atoms with Crippen LogP contribution in [-0.4, -0.2) is 49.0 Å². The number of carbonyl (C=O) groups excluding carboxylic acids is 2. The first-order valence-corrected chi connectivity index (χ1v) is 13.9. The number of rotatable bonds is 4. The van der Waals surface area contributed by atoms with E-state index in [0.29, 0.717) is 18.0 Å². The van der Waals surface area contributed by atoms with Crippen LogP contribution in [0.4, 0.5) is 5.69 Å². The summed E-state index contributed by atoms with van der Waals surface area (Å²) in [5.41, 5.74) is 1.66. The summed E-state index contributed by atoms with van der Waals surface area (Å²) in [5.74, 6) is -1.27. The molecular weight excluding hydrogens is 528 g/mol. The number of piperidine rings is 1.